The normalized spacial score (nSPS) is 16.1. The molecule has 1 atom stereocenters. The van der Waals surface area contributed by atoms with E-state index in [0.717, 1.165) is 67.2 Å². The molecule has 0 saturated heterocycles. The van der Waals surface area contributed by atoms with Crippen LogP contribution in [0.1, 0.15) is 30.9 Å². The van der Waals surface area contributed by atoms with E-state index in [1.54, 1.807) is 12.1 Å². The predicted octanol–water partition coefficient (Wildman–Crippen LogP) is 6.06. The van der Waals surface area contributed by atoms with Gasteiger partial charge in [0, 0.05) is 24.0 Å². The molecule has 2 aromatic rings. The topological polar surface area (TPSA) is 15.7 Å². The summed E-state index contributed by atoms with van der Waals surface area (Å²) in [7, 11) is 2.08. The lowest BCUT2D eigenvalue weighted by molar-refractivity contribution is -0.137. The van der Waals surface area contributed by atoms with Gasteiger partial charge in [-0.05, 0) is 87.8 Å². The average Bonchev–Trinajstić information content (AvgIpc) is 3.02. The van der Waals surface area contributed by atoms with Crippen molar-refractivity contribution >= 4 is 11.4 Å². The van der Waals surface area contributed by atoms with Gasteiger partial charge in [0.15, 0.2) is 0 Å². The maximum absolute atomic E-state index is 12.8. The summed E-state index contributed by atoms with van der Waals surface area (Å²) < 4.78 is 44.5. The summed E-state index contributed by atoms with van der Waals surface area (Å²) in [5, 5.41) is 0. The number of anilines is 2. The van der Waals surface area contributed by atoms with Gasteiger partial charge in [-0.3, -0.25) is 0 Å². The van der Waals surface area contributed by atoms with E-state index in [2.05, 4.69) is 36.4 Å². The van der Waals surface area contributed by atoms with Crippen LogP contribution in [0.2, 0.25) is 0 Å². The minimum Gasteiger partial charge on any atom is -0.494 e. The van der Waals surface area contributed by atoms with Crippen LogP contribution in [-0.2, 0) is 12.6 Å². The summed E-state index contributed by atoms with van der Waals surface area (Å²) in [4.78, 5) is 4.31. The van der Waals surface area contributed by atoms with Crippen molar-refractivity contribution in [1.29, 1.82) is 0 Å². The molecule has 3 rings (SSSR count). The van der Waals surface area contributed by atoms with Crippen LogP contribution in [0.25, 0.3) is 0 Å². The van der Waals surface area contributed by atoms with Gasteiger partial charge in [0.25, 0.3) is 0 Å². The van der Waals surface area contributed by atoms with E-state index in [-0.39, 0.29) is 6.04 Å². The fourth-order valence-electron chi connectivity index (χ4n) is 3.89. The number of benzene rings is 2. The van der Waals surface area contributed by atoms with Crippen LogP contribution >= 0.6 is 0 Å². The van der Waals surface area contributed by atoms with Crippen molar-refractivity contribution in [2.45, 2.75) is 38.4 Å². The minimum absolute atomic E-state index is 0.174. The number of hydrogen-bond donors (Lipinski definition) is 0. The third-order valence-corrected chi connectivity index (χ3v) is 5.38. The van der Waals surface area contributed by atoms with Gasteiger partial charge >= 0.3 is 6.18 Å². The number of ether oxygens (including phenoxy) is 1. The predicted molar refractivity (Wildman–Crippen MR) is 116 cm³/mol. The molecular formula is C24H29F3N2O. The molecule has 6 heteroatoms. The SMILES string of the molecule is C=CCN(C)CCCCOc1ccc2c(c1)CC(C)N2c1ccc(C(F)(F)F)cc1. The quantitative estimate of drug-likeness (QED) is 0.363. The first-order valence-electron chi connectivity index (χ1n) is 10.3. The second-order valence-corrected chi connectivity index (χ2v) is 7.86. The smallest absolute Gasteiger partial charge is 0.416 e. The first kappa shape index (κ1) is 22.2. The number of rotatable bonds is 9. The Morgan fingerprint density at radius 3 is 2.57 bits per heavy atom. The van der Waals surface area contributed by atoms with Gasteiger partial charge in [-0.2, -0.15) is 13.2 Å². The van der Waals surface area contributed by atoms with Gasteiger partial charge in [0.1, 0.15) is 5.75 Å². The van der Waals surface area contributed by atoms with Crippen molar-refractivity contribution in [3.8, 4) is 5.75 Å². The second kappa shape index (κ2) is 9.56. The van der Waals surface area contributed by atoms with Crippen LogP contribution in [0.15, 0.2) is 55.1 Å². The Labute approximate surface area is 176 Å². The maximum atomic E-state index is 12.8. The van der Waals surface area contributed by atoms with Crippen LogP contribution in [-0.4, -0.2) is 37.7 Å². The van der Waals surface area contributed by atoms with Crippen molar-refractivity contribution in [3.63, 3.8) is 0 Å². The van der Waals surface area contributed by atoms with Crippen molar-refractivity contribution in [2.75, 3.05) is 31.6 Å². The number of alkyl halides is 3. The number of unbranched alkanes of at least 4 members (excludes halogenated alkanes) is 1. The zero-order valence-corrected chi connectivity index (χ0v) is 17.6. The molecule has 1 aliphatic rings. The van der Waals surface area contributed by atoms with Gasteiger partial charge in [0.05, 0.1) is 12.2 Å². The standard InChI is InChI=1S/C24H29F3N2O/c1-4-13-28(3)14-5-6-15-30-22-11-12-23-19(17-22)16-18(2)29(23)21-9-7-20(8-10-21)24(25,26)27/h4,7-12,17-18H,1,5-6,13-16H2,2-3H3. The van der Waals surface area contributed by atoms with Crippen LogP contribution in [0.5, 0.6) is 5.75 Å². The molecule has 0 N–H and O–H groups in total. The lowest BCUT2D eigenvalue weighted by Gasteiger charge is -2.25. The van der Waals surface area contributed by atoms with E-state index in [1.165, 1.54) is 0 Å². The molecule has 0 saturated carbocycles. The Morgan fingerprint density at radius 1 is 1.17 bits per heavy atom. The number of fused-ring (bicyclic) bond motifs is 1. The zero-order valence-electron chi connectivity index (χ0n) is 17.6. The maximum Gasteiger partial charge on any atom is 0.416 e. The summed E-state index contributed by atoms with van der Waals surface area (Å²) in [5.74, 6) is 0.842. The Hall–Kier alpha value is -2.47. The third kappa shape index (κ3) is 5.36. The molecule has 0 aromatic heterocycles. The summed E-state index contributed by atoms with van der Waals surface area (Å²) in [6.45, 7) is 8.39. The highest BCUT2D eigenvalue weighted by atomic mass is 19.4. The first-order valence-corrected chi connectivity index (χ1v) is 10.3. The molecule has 0 amide bonds. The average molecular weight is 419 g/mol. The van der Waals surface area contributed by atoms with Gasteiger partial charge < -0.3 is 14.5 Å². The van der Waals surface area contributed by atoms with Crippen molar-refractivity contribution in [1.82, 2.24) is 4.90 Å². The summed E-state index contributed by atoms with van der Waals surface area (Å²) in [5.41, 5.74) is 2.33. The molecule has 0 aliphatic carbocycles. The molecule has 1 aliphatic heterocycles. The highest BCUT2D eigenvalue weighted by molar-refractivity contribution is 5.72. The molecule has 162 valence electrons. The van der Waals surface area contributed by atoms with Crippen molar-refractivity contribution < 1.29 is 17.9 Å². The molecule has 0 radical (unpaired) electrons. The molecule has 30 heavy (non-hydrogen) atoms. The zero-order chi connectivity index (χ0) is 21.7. The van der Waals surface area contributed by atoms with Gasteiger partial charge in [-0.25, -0.2) is 0 Å². The molecule has 0 bridgehead atoms. The summed E-state index contributed by atoms with van der Waals surface area (Å²) >= 11 is 0. The number of hydrogen-bond acceptors (Lipinski definition) is 3. The molecule has 0 spiro atoms. The Bertz CT molecular complexity index is 849. The van der Waals surface area contributed by atoms with Crippen LogP contribution in [0.4, 0.5) is 24.5 Å². The van der Waals surface area contributed by atoms with Crippen LogP contribution in [0, 0.1) is 0 Å². The fourth-order valence-corrected chi connectivity index (χ4v) is 3.89. The molecule has 1 unspecified atom stereocenters. The van der Waals surface area contributed by atoms with Gasteiger partial charge in [-0.1, -0.05) is 6.08 Å². The van der Waals surface area contributed by atoms with E-state index >= 15 is 0 Å². The molecular weight excluding hydrogens is 389 g/mol. The lowest BCUT2D eigenvalue weighted by atomic mass is 10.1. The molecule has 0 fully saturated rings. The highest BCUT2D eigenvalue weighted by Crippen LogP contribution is 2.40. The summed E-state index contributed by atoms with van der Waals surface area (Å²) in [6.07, 6.45) is 0.455. The van der Waals surface area contributed by atoms with Gasteiger partial charge in [-0.15, -0.1) is 6.58 Å². The molecule has 1 heterocycles. The largest absolute Gasteiger partial charge is 0.494 e. The lowest BCUT2D eigenvalue weighted by Crippen LogP contribution is -2.23. The third-order valence-electron chi connectivity index (χ3n) is 5.38. The fraction of sp³-hybridized carbons (Fsp3) is 0.417. The number of likely N-dealkylation sites (N-methyl/N-ethyl adjacent to an activating group) is 1. The van der Waals surface area contributed by atoms with E-state index in [4.69, 9.17) is 4.74 Å². The summed E-state index contributed by atoms with van der Waals surface area (Å²) in [6, 6.07) is 11.5. The monoisotopic (exact) mass is 418 g/mol. The van der Waals surface area contributed by atoms with E-state index < -0.39 is 11.7 Å². The molecule has 3 nitrogen and oxygen atoms in total. The van der Waals surface area contributed by atoms with Gasteiger partial charge in [0.2, 0.25) is 0 Å². The van der Waals surface area contributed by atoms with Crippen molar-refractivity contribution in [2.24, 2.45) is 0 Å². The van der Waals surface area contributed by atoms with E-state index in [1.807, 2.05) is 18.2 Å². The Kier molecular flexibility index (Phi) is 7.08. The van der Waals surface area contributed by atoms with Crippen LogP contribution < -0.4 is 9.64 Å². The minimum atomic E-state index is -4.32. The Balaban J connectivity index is 1.60. The van der Waals surface area contributed by atoms with E-state index in [0.29, 0.717) is 6.61 Å². The van der Waals surface area contributed by atoms with E-state index in [9.17, 15) is 13.2 Å². The molecule has 2 aromatic carbocycles. The van der Waals surface area contributed by atoms with Crippen molar-refractivity contribution in [3.05, 3.63) is 66.2 Å². The highest BCUT2D eigenvalue weighted by Gasteiger charge is 2.32. The van der Waals surface area contributed by atoms with Crippen LogP contribution in [0.3, 0.4) is 0 Å². The second-order valence-electron chi connectivity index (χ2n) is 7.86. The number of nitrogens with zero attached hydrogens (tertiary/aromatic N) is 2. The number of halogens is 3. The Morgan fingerprint density at radius 2 is 1.90 bits per heavy atom. The first-order chi connectivity index (χ1) is 14.3.